The topological polar surface area (TPSA) is 51.7 Å². The molecule has 0 N–H and O–H groups in total. The number of nitrogens with zero attached hydrogens (tertiary/aromatic N) is 2. The third-order valence-electron chi connectivity index (χ3n) is 3.58. The fraction of sp³-hybridized carbons (Fsp3) is 0.647. The summed E-state index contributed by atoms with van der Waals surface area (Å²) in [7, 11) is 0. The summed E-state index contributed by atoms with van der Waals surface area (Å²) in [6, 6.07) is 5.63. The van der Waals surface area contributed by atoms with Gasteiger partial charge in [0.2, 0.25) is 5.88 Å². The number of hydrogen-bond donors (Lipinski definition) is 0. The molecule has 0 spiro atoms. The summed E-state index contributed by atoms with van der Waals surface area (Å²) in [5.41, 5.74) is -0.438. The predicted octanol–water partition coefficient (Wildman–Crippen LogP) is 3.50. The van der Waals surface area contributed by atoms with E-state index in [1.54, 1.807) is 6.20 Å². The highest BCUT2D eigenvalue weighted by atomic mass is 16.6. The normalized spacial score (nSPS) is 18.9. The van der Waals surface area contributed by atoms with Crippen LogP contribution in [0.25, 0.3) is 0 Å². The zero-order valence-corrected chi connectivity index (χ0v) is 13.7. The Balaban J connectivity index is 1.75. The first-order chi connectivity index (χ1) is 10.4. The van der Waals surface area contributed by atoms with Crippen molar-refractivity contribution in [1.29, 1.82) is 0 Å². The van der Waals surface area contributed by atoms with Crippen LogP contribution >= 0.6 is 0 Å². The van der Waals surface area contributed by atoms with Crippen molar-refractivity contribution in [2.45, 2.75) is 45.6 Å². The zero-order chi connectivity index (χ0) is 16.0. The molecule has 0 aromatic carbocycles. The van der Waals surface area contributed by atoms with Gasteiger partial charge in [-0.2, -0.15) is 0 Å². The lowest BCUT2D eigenvalue weighted by atomic mass is 9.95. The van der Waals surface area contributed by atoms with Gasteiger partial charge in [0, 0.05) is 25.4 Å². The van der Waals surface area contributed by atoms with E-state index in [1.807, 2.05) is 43.9 Å². The molecule has 5 nitrogen and oxygen atoms in total. The number of carbonyl (C=O) groups excluding carboxylic acids is 1. The lowest BCUT2D eigenvalue weighted by Gasteiger charge is -2.34. The van der Waals surface area contributed by atoms with Crippen molar-refractivity contribution >= 4 is 6.09 Å². The van der Waals surface area contributed by atoms with Crippen LogP contribution < -0.4 is 4.74 Å². The fourth-order valence-corrected chi connectivity index (χ4v) is 2.56. The number of carbonyl (C=O) groups is 1. The molecule has 0 radical (unpaired) electrons. The Morgan fingerprint density at radius 2 is 2.23 bits per heavy atom. The Morgan fingerprint density at radius 3 is 2.91 bits per heavy atom. The standard InChI is InChI=1S/C17H26N2O3/c1-17(2,3)22-16(20)19-11-6-7-14(13-19)9-12-21-15-8-4-5-10-18-15/h4-5,8,10,14H,6-7,9,11-13H2,1-3H3/t14-/m0/s1. The highest BCUT2D eigenvalue weighted by Gasteiger charge is 2.27. The third kappa shape index (κ3) is 5.54. The number of hydrogen-bond acceptors (Lipinski definition) is 4. The van der Waals surface area contributed by atoms with Gasteiger partial charge in [-0.05, 0) is 52.0 Å². The molecule has 2 heterocycles. The first-order valence-electron chi connectivity index (χ1n) is 7.96. The second kappa shape index (κ2) is 7.47. The molecule has 0 unspecified atom stereocenters. The molecular weight excluding hydrogens is 280 g/mol. The predicted molar refractivity (Wildman–Crippen MR) is 84.9 cm³/mol. The first kappa shape index (κ1) is 16.6. The van der Waals surface area contributed by atoms with Crippen molar-refractivity contribution in [3.63, 3.8) is 0 Å². The Bertz CT molecular complexity index is 471. The number of pyridine rings is 1. The maximum Gasteiger partial charge on any atom is 0.410 e. The quantitative estimate of drug-likeness (QED) is 0.854. The third-order valence-corrected chi connectivity index (χ3v) is 3.58. The molecule has 0 saturated carbocycles. The molecule has 1 amide bonds. The van der Waals surface area contributed by atoms with Crippen LogP contribution in [-0.4, -0.2) is 41.3 Å². The minimum atomic E-state index is -0.438. The Labute approximate surface area is 132 Å². The minimum Gasteiger partial charge on any atom is -0.478 e. The van der Waals surface area contributed by atoms with Crippen LogP contribution in [0, 0.1) is 5.92 Å². The molecular formula is C17H26N2O3. The molecule has 0 aliphatic carbocycles. The van der Waals surface area contributed by atoms with E-state index in [-0.39, 0.29) is 6.09 Å². The monoisotopic (exact) mass is 306 g/mol. The van der Waals surface area contributed by atoms with Crippen LogP contribution in [0.1, 0.15) is 40.0 Å². The smallest absolute Gasteiger partial charge is 0.410 e. The number of aromatic nitrogens is 1. The van der Waals surface area contributed by atoms with E-state index in [4.69, 9.17) is 9.47 Å². The summed E-state index contributed by atoms with van der Waals surface area (Å²) in [5, 5.41) is 0. The molecule has 1 atom stereocenters. The van der Waals surface area contributed by atoms with Gasteiger partial charge in [0.1, 0.15) is 5.60 Å². The van der Waals surface area contributed by atoms with Gasteiger partial charge in [-0.3, -0.25) is 0 Å². The number of piperidine rings is 1. The Kier molecular flexibility index (Phi) is 5.63. The largest absolute Gasteiger partial charge is 0.478 e. The van der Waals surface area contributed by atoms with E-state index in [2.05, 4.69) is 4.98 Å². The van der Waals surface area contributed by atoms with Gasteiger partial charge in [-0.15, -0.1) is 0 Å². The molecule has 2 rings (SSSR count). The summed E-state index contributed by atoms with van der Waals surface area (Å²) in [5.74, 6) is 1.12. The average molecular weight is 306 g/mol. The van der Waals surface area contributed by atoms with Gasteiger partial charge >= 0.3 is 6.09 Å². The van der Waals surface area contributed by atoms with Crippen molar-refractivity contribution in [2.75, 3.05) is 19.7 Å². The highest BCUT2D eigenvalue weighted by Crippen LogP contribution is 2.22. The number of ether oxygens (including phenoxy) is 2. The highest BCUT2D eigenvalue weighted by molar-refractivity contribution is 5.68. The SMILES string of the molecule is CC(C)(C)OC(=O)N1CCC[C@@H](CCOc2ccccn2)C1. The lowest BCUT2D eigenvalue weighted by molar-refractivity contribution is 0.0154. The molecule has 1 aliphatic heterocycles. The molecule has 5 heteroatoms. The molecule has 1 aromatic rings. The molecule has 0 bridgehead atoms. The van der Waals surface area contributed by atoms with E-state index in [9.17, 15) is 4.79 Å². The van der Waals surface area contributed by atoms with Crippen molar-refractivity contribution < 1.29 is 14.3 Å². The Hall–Kier alpha value is -1.78. The minimum absolute atomic E-state index is 0.206. The van der Waals surface area contributed by atoms with Gasteiger partial charge in [0.25, 0.3) is 0 Å². The number of likely N-dealkylation sites (tertiary alicyclic amines) is 1. The molecule has 1 aliphatic rings. The van der Waals surface area contributed by atoms with Crippen LogP contribution in [0.2, 0.25) is 0 Å². The van der Waals surface area contributed by atoms with Gasteiger partial charge in [-0.1, -0.05) is 6.07 Å². The van der Waals surface area contributed by atoms with Crippen LogP contribution in [0.15, 0.2) is 24.4 Å². The van der Waals surface area contributed by atoms with Crippen molar-refractivity contribution in [3.8, 4) is 5.88 Å². The van der Waals surface area contributed by atoms with E-state index >= 15 is 0 Å². The van der Waals surface area contributed by atoms with E-state index in [0.717, 1.165) is 32.4 Å². The van der Waals surface area contributed by atoms with Gasteiger partial charge in [-0.25, -0.2) is 9.78 Å². The Morgan fingerprint density at radius 1 is 1.41 bits per heavy atom. The van der Waals surface area contributed by atoms with Crippen LogP contribution in [0.4, 0.5) is 4.79 Å². The van der Waals surface area contributed by atoms with Crippen LogP contribution in [0.3, 0.4) is 0 Å². The molecule has 1 fully saturated rings. The number of rotatable bonds is 4. The van der Waals surface area contributed by atoms with Crippen LogP contribution in [-0.2, 0) is 4.74 Å². The maximum absolute atomic E-state index is 12.1. The summed E-state index contributed by atoms with van der Waals surface area (Å²) in [4.78, 5) is 18.1. The summed E-state index contributed by atoms with van der Waals surface area (Å²) in [6.45, 7) is 7.85. The van der Waals surface area contributed by atoms with Crippen LogP contribution in [0.5, 0.6) is 5.88 Å². The summed E-state index contributed by atoms with van der Waals surface area (Å²) >= 11 is 0. The van der Waals surface area contributed by atoms with Gasteiger partial charge in [0.15, 0.2) is 0 Å². The molecule has 1 saturated heterocycles. The van der Waals surface area contributed by atoms with E-state index in [0.29, 0.717) is 18.4 Å². The fourth-order valence-electron chi connectivity index (χ4n) is 2.56. The molecule has 1 aromatic heterocycles. The molecule has 122 valence electrons. The summed E-state index contributed by atoms with van der Waals surface area (Å²) < 4.78 is 11.1. The van der Waals surface area contributed by atoms with E-state index in [1.165, 1.54) is 0 Å². The van der Waals surface area contributed by atoms with Crippen molar-refractivity contribution in [3.05, 3.63) is 24.4 Å². The molecule has 22 heavy (non-hydrogen) atoms. The van der Waals surface area contributed by atoms with Gasteiger partial charge in [0.05, 0.1) is 6.61 Å². The second-order valence-corrected chi connectivity index (χ2v) is 6.74. The van der Waals surface area contributed by atoms with E-state index < -0.39 is 5.60 Å². The van der Waals surface area contributed by atoms with Crippen molar-refractivity contribution in [2.24, 2.45) is 5.92 Å². The lowest BCUT2D eigenvalue weighted by Crippen LogP contribution is -2.43. The zero-order valence-electron chi connectivity index (χ0n) is 13.7. The second-order valence-electron chi connectivity index (χ2n) is 6.74. The average Bonchev–Trinajstić information content (AvgIpc) is 2.47. The maximum atomic E-state index is 12.1. The van der Waals surface area contributed by atoms with Crippen molar-refractivity contribution in [1.82, 2.24) is 9.88 Å². The number of amides is 1. The first-order valence-corrected chi connectivity index (χ1v) is 7.96. The van der Waals surface area contributed by atoms with Gasteiger partial charge < -0.3 is 14.4 Å². The summed E-state index contributed by atoms with van der Waals surface area (Å²) in [6.07, 6.45) is 4.59.